The summed E-state index contributed by atoms with van der Waals surface area (Å²) in [7, 11) is 1.97. The number of ether oxygens (including phenoxy) is 1. The lowest BCUT2D eigenvalue weighted by atomic mass is 9.97. The molecule has 0 spiro atoms. The fourth-order valence-electron chi connectivity index (χ4n) is 3.21. The van der Waals surface area contributed by atoms with Gasteiger partial charge in [-0.25, -0.2) is 4.39 Å². The predicted molar refractivity (Wildman–Crippen MR) is 105 cm³/mol. The van der Waals surface area contributed by atoms with E-state index in [2.05, 4.69) is 29.2 Å². The molecule has 0 aromatic heterocycles. The molecular weight excluding hydrogens is 341 g/mol. The van der Waals surface area contributed by atoms with Crippen molar-refractivity contribution in [3.05, 3.63) is 102 Å². The lowest BCUT2D eigenvalue weighted by molar-refractivity contribution is 0.0667. The molecule has 140 valence electrons. The Morgan fingerprint density at radius 3 is 1.93 bits per heavy atom. The lowest BCUT2D eigenvalue weighted by Gasteiger charge is -2.30. The number of para-hydroxylation sites is 1. The van der Waals surface area contributed by atoms with Gasteiger partial charge >= 0.3 is 0 Å². The van der Waals surface area contributed by atoms with Crippen molar-refractivity contribution < 1.29 is 14.2 Å². The maximum Gasteiger partial charge on any atom is 0.165 e. The second kappa shape index (κ2) is 9.31. The Hall–Kier alpha value is -2.69. The van der Waals surface area contributed by atoms with Gasteiger partial charge in [-0.05, 0) is 30.3 Å². The van der Waals surface area contributed by atoms with Crippen LogP contribution < -0.4 is 4.74 Å². The summed E-state index contributed by atoms with van der Waals surface area (Å²) in [6.45, 7) is 0.421. The molecule has 3 nitrogen and oxygen atoms in total. The molecule has 0 amide bonds. The van der Waals surface area contributed by atoms with E-state index < -0.39 is 11.9 Å². The summed E-state index contributed by atoms with van der Waals surface area (Å²) in [6, 6.07) is 26.6. The van der Waals surface area contributed by atoms with Gasteiger partial charge in [0.15, 0.2) is 11.6 Å². The Morgan fingerprint density at radius 1 is 0.852 bits per heavy atom. The van der Waals surface area contributed by atoms with Gasteiger partial charge in [0, 0.05) is 6.54 Å². The molecular formula is C23H24FNO2. The summed E-state index contributed by atoms with van der Waals surface area (Å²) in [5.74, 6) is -0.272. The molecule has 0 radical (unpaired) electrons. The van der Waals surface area contributed by atoms with E-state index in [0.29, 0.717) is 6.54 Å². The van der Waals surface area contributed by atoms with Gasteiger partial charge in [-0.15, -0.1) is 0 Å². The van der Waals surface area contributed by atoms with Crippen molar-refractivity contribution in [3.63, 3.8) is 0 Å². The van der Waals surface area contributed by atoms with E-state index in [0.717, 1.165) is 11.1 Å². The molecule has 3 aromatic rings. The summed E-state index contributed by atoms with van der Waals surface area (Å²) in [4.78, 5) is 2.08. The molecule has 0 aliphatic heterocycles. The molecule has 0 fully saturated rings. The molecule has 4 heteroatoms. The van der Waals surface area contributed by atoms with Crippen molar-refractivity contribution in [3.8, 4) is 5.75 Å². The highest BCUT2D eigenvalue weighted by Crippen LogP contribution is 2.27. The number of halogens is 1. The quantitative estimate of drug-likeness (QED) is 0.646. The average Bonchev–Trinajstić information content (AvgIpc) is 2.69. The number of hydrogen-bond donors (Lipinski definition) is 1. The van der Waals surface area contributed by atoms with Gasteiger partial charge in [-0.1, -0.05) is 72.8 Å². The van der Waals surface area contributed by atoms with Gasteiger partial charge in [-0.3, -0.25) is 4.90 Å². The topological polar surface area (TPSA) is 32.7 Å². The van der Waals surface area contributed by atoms with E-state index in [1.807, 2.05) is 43.4 Å². The summed E-state index contributed by atoms with van der Waals surface area (Å²) in [6.07, 6.45) is -0.746. The van der Waals surface area contributed by atoms with Gasteiger partial charge in [0.25, 0.3) is 0 Å². The van der Waals surface area contributed by atoms with Crippen LogP contribution in [0.3, 0.4) is 0 Å². The smallest absolute Gasteiger partial charge is 0.165 e. The van der Waals surface area contributed by atoms with Crippen molar-refractivity contribution in [2.45, 2.75) is 12.1 Å². The van der Waals surface area contributed by atoms with Crippen LogP contribution in [-0.2, 0) is 0 Å². The summed E-state index contributed by atoms with van der Waals surface area (Å²) >= 11 is 0. The van der Waals surface area contributed by atoms with Crippen LogP contribution in [0.5, 0.6) is 5.75 Å². The second-order valence-electron chi connectivity index (χ2n) is 6.56. The Morgan fingerprint density at radius 2 is 1.37 bits per heavy atom. The van der Waals surface area contributed by atoms with Crippen LogP contribution in [0.1, 0.15) is 17.2 Å². The van der Waals surface area contributed by atoms with Crippen LogP contribution in [0.4, 0.5) is 4.39 Å². The monoisotopic (exact) mass is 365 g/mol. The minimum atomic E-state index is -0.746. The first kappa shape index (κ1) is 19.1. The SMILES string of the molecule is CN(C[C@H](O)COc1ccccc1F)C(c1ccccc1)c1ccccc1. The zero-order chi connectivity index (χ0) is 19.1. The van der Waals surface area contributed by atoms with Gasteiger partial charge in [-0.2, -0.15) is 0 Å². The highest BCUT2D eigenvalue weighted by atomic mass is 19.1. The van der Waals surface area contributed by atoms with Crippen molar-refractivity contribution in [1.82, 2.24) is 4.90 Å². The Labute approximate surface area is 159 Å². The molecule has 1 N–H and O–H groups in total. The highest BCUT2D eigenvalue weighted by molar-refractivity contribution is 5.31. The third-order valence-electron chi connectivity index (χ3n) is 4.44. The number of nitrogens with zero attached hydrogens (tertiary/aromatic N) is 1. The number of likely N-dealkylation sites (N-methyl/N-ethyl adjacent to an activating group) is 1. The number of aliphatic hydroxyl groups excluding tert-OH is 1. The fraction of sp³-hybridized carbons (Fsp3) is 0.217. The molecule has 3 aromatic carbocycles. The lowest BCUT2D eigenvalue weighted by Crippen LogP contribution is -2.36. The Kier molecular flexibility index (Phi) is 6.58. The van der Waals surface area contributed by atoms with Crippen molar-refractivity contribution in [1.29, 1.82) is 0 Å². The van der Waals surface area contributed by atoms with E-state index in [4.69, 9.17) is 4.74 Å². The summed E-state index contributed by atoms with van der Waals surface area (Å²) in [5.41, 5.74) is 2.29. The Balaban J connectivity index is 1.69. The minimum absolute atomic E-state index is 0.00973. The minimum Gasteiger partial charge on any atom is -0.488 e. The zero-order valence-electron chi connectivity index (χ0n) is 15.3. The fourth-order valence-corrected chi connectivity index (χ4v) is 3.21. The molecule has 0 saturated heterocycles. The molecule has 0 aliphatic rings. The summed E-state index contributed by atoms with van der Waals surface area (Å²) in [5, 5.41) is 10.4. The molecule has 0 unspecified atom stereocenters. The predicted octanol–water partition coefficient (Wildman–Crippen LogP) is 4.29. The van der Waals surface area contributed by atoms with Gasteiger partial charge < -0.3 is 9.84 Å². The first-order valence-electron chi connectivity index (χ1n) is 9.00. The molecule has 27 heavy (non-hydrogen) atoms. The van der Waals surface area contributed by atoms with Crippen molar-refractivity contribution in [2.75, 3.05) is 20.2 Å². The van der Waals surface area contributed by atoms with Crippen LogP contribution in [0, 0.1) is 5.82 Å². The van der Waals surface area contributed by atoms with Crippen molar-refractivity contribution in [2.24, 2.45) is 0 Å². The van der Waals surface area contributed by atoms with Gasteiger partial charge in [0.05, 0.1) is 6.04 Å². The van der Waals surface area contributed by atoms with Crippen molar-refractivity contribution >= 4 is 0 Å². The van der Waals surface area contributed by atoms with Gasteiger partial charge in [0.2, 0.25) is 0 Å². The van der Waals surface area contributed by atoms with E-state index in [1.165, 1.54) is 6.07 Å². The normalized spacial score (nSPS) is 12.3. The molecule has 0 bridgehead atoms. The van der Waals surface area contributed by atoms with E-state index in [1.54, 1.807) is 18.2 Å². The van der Waals surface area contributed by atoms with E-state index >= 15 is 0 Å². The molecule has 1 atom stereocenters. The second-order valence-corrected chi connectivity index (χ2v) is 6.56. The van der Waals surface area contributed by atoms with E-state index in [9.17, 15) is 9.50 Å². The Bertz CT molecular complexity index is 787. The summed E-state index contributed by atoms with van der Waals surface area (Å²) < 4.78 is 19.1. The largest absolute Gasteiger partial charge is 0.488 e. The number of hydrogen-bond acceptors (Lipinski definition) is 3. The molecule has 0 heterocycles. The third kappa shape index (κ3) is 5.16. The number of rotatable bonds is 8. The van der Waals surface area contributed by atoms with Crippen LogP contribution in [0.2, 0.25) is 0 Å². The maximum atomic E-state index is 13.7. The standard InChI is InChI=1S/C23H24FNO2/c1-25(16-20(26)17-27-22-15-9-8-14-21(22)24)23(18-10-4-2-5-11-18)19-12-6-3-7-13-19/h2-15,20,23,26H,16-17H2,1H3/t20-/m0/s1. The van der Waals surface area contributed by atoms with Gasteiger partial charge in [0.1, 0.15) is 12.7 Å². The van der Waals surface area contributed by atoms with Crippen LogP contribution >= 0.6 is 0 Å². The van der Waals surface area contributed by atoms with Crippen LogP contribution in [0.25, 0.3) is 0 Å². The van der Waals surface area contributed by atoms with Crippen LogP contribution in [-0.4, -0.2) is 36.3 Å². The van der Waals surface area contributed by atoms with E-state index in [-0.39, 0.29) is 18.4 Å². The molecule has 0 aliphatic carbocycles. The first-order valence-corrected chi connectivity index (χ1v) is 9.00. The maximum absolute atomic E-state index is 13.7. The number of benzene rings is 3. The first-order chi connectivity index (χ1) is 13.1. The molecule has 0 saturated carbocycles. The zero-order valence-corrected chi connectivity index (χ0v) is 15.3. The third-order valence-corrected chi connectivity index (χ3v) is 4.44. The highest BCUT2D eigenvalue weighted by Gasteiger charge is 2.21. The average molecular weight is 365 g/mol. The van der Waals surface area contributed by atoms with Crippen LogP contribution in [0.15, 0.2) is 84.9 Å². The number of aliphatic hydroxyl groups is 1. The molecule has 3 rings (SSSR count).